The van der Waals surface area contributed by atoms with Gasteiger partial charge in [0.1, 0.15) is 11.6 Å². The van der Waals surface area contributed by atoms with Gasteiger partial charge in [0.05, 0.1) is 5.69 Å². The Morgan fingerprint density at radius 1 is 1.19 bits per heavy atom. The van der Waals surface area contributed by atoms with Gasteiger partial charge in [-0.2, -0.15) is 0 Å². The largest absolute Gasteiger partial charge is 0.381 e. The van der Waals surface area contributed by atoms with Crippen LogP contribution >= 0.6 is 0 Å². The molecule has 1 saturated heterocycles. The number of halogens is 2. The number of anilines is 1. The van der Waals surface area contributed by atoms with Gasteiger partial charge in [0.15, 0.2) is 0 Å². The Bertz CT molecular complexity index is 349. The van der Waals surface area contributed by atoms with Crippen LogP contribution < -0.4 is 5.32 Å². The molecular formula is C12H16F2N2. The van der Waals surface area contributed by atoms with Crippen LogP contribution in [0.5, 0.6) is 0 Å². The van der Waals surface area contributed by atoms with Gasteiger partial charge in [0.2, 0.25) is 0 Å². The maximum atomic E-state index is 13.2. The predicted octanol–water partition coefficient (Wildman–Crippen LogP) is 2.47. The van der Waals surface area contributed by atoms with Crippen LogP contribution in [0.3, 0.4) is 0 Å². The van der Waals surface area contributed by atoms with Gasteiger partial charge in [0, 0.05) is 19.2 Å². The zero-order chi connectivity index (χ0) is 11.4. The Morgan fingerprint density at radius 3 is 2.62 bits per heavy atom. The average Bonchev–Trinajstić information content (AvgIpc) is 2.74. The summed E-state index contributed by atoms with van der Waals surface area (Å²) in [5.74, 6) is -1.07. The van der Waals surface area contributed by atoms with E-state index >= 15 is 0 Å². The first kappa shape index (κ1) is 11.3. The summed E-state index contributed by atoms with van der Waals surface area (Å²) < 4.78 is 25.9. The number of nitrogens with zero attached hydrogens (tertiary/aromatic N) is 1. The molecule has 1 aromatic rings. The normalized spacial score (nSPS) is 16.6. The van der Waals surface area contributed by atoms with Crippen molar-refractivity contribution in [3.05, 3.63) is 29.8 Å². The maximum absolute atomic E-state index is 13.2. The molecule has 2 nitrogen and oxygen atoms in total. The van der Waals surface area contributed by atoms with Crippen LogP contribution in [-0.2, 0) is 0 Å². The van der Waals surface area contributed by atoms with Crippen molar-refractivity contribution in [2.75, 3.05) is 31.5 Å². The molecular weight excluding hydrogens is 210 g/mol. The van der Waals surface area contributed by atoms with Crippen molar-refractivity contribution in [1.29, 1.82) is 0 Å². The van der Waals surface area contributed by atoms with Crippen molar-refractivity contribution in [2.45, 2.75) is 12.8 Å². The Morgan fingerprint density at radius 2 is 1.94 bits per heavy atom. The summed E-state index contributed by atoms with van der Waals surface area (Å²) >= 11 is 0. The molecule has 1 N–H and O–H groups in total. The van der Waals surface area contributed by atoms with Gasteiger partial charge in [-0.25, -0.2) is 8.78 Å². The standard InChI is InChI=1S/C12H16F2N2/c13-10-3-4-12(11(14)9-10)15-5-8-16-6-1-2-7-16/h3-4,9,15H,1-2,5-8H2. The van der Waals surface area contributed by atoms with Crippen molar-refractivity contribution in [3.8, 4) is 0 Å². The summed E-state index contributed by atoms with van der Waals surface area (Å²) in [5.41, 5.74) is 0.376. The Balaban J connectivity index is 1.80. The summed E-state index contributed by atoms with van der Waals surface area (Å²) in [7, 11) is 0. The fourth-order valence-corrected chi connectivity index (χ4v) is 1.99. The number of likely N-dealkylation sites (tertiary alicyclic amines) is 1. The third-order valence-electron chi connectivity index (χ3n) is 2.87. The van der Waals surface area contributed by atoms with E-state index in [1.54, 1.807) is 0 Å². The van der Waals surface area contributed by atoms with E-state index < -0.39 is 11.6 Å². The quantitative estimate of drug-likeness (QED) is 0.848. The lowest BCUT2D eigenvalue weighted by molar-refractivity contribution is 0.352. The molecule has 0 saturated carbocycles. The van der Waals surface area contributed by atoms with E-state index in [1.165, 1.54) is 25.0 Å². The molecule has 4 heteroatoms. The van der Waals surface area contributed by atoms with Crippen LogP contribution in [0.25, 0.3) is 0 Å². The Kier molecular flexibility index (Phi) is 3.72. The second kappa shape index (κ2) is 5.25. The van der Waals surface area contributed by atoms with E-state index in [1.807, 2.05) is 0 Å². The summed E-state index contributed by atoms with van der Waals surface area (Å²) in [4.78, 5) is 2.34. The Hall–Kier alpha value is -1.16. The third kappa shape index (κ3) is 2.92. The third-order valence-corrected chi connectivity index (χ3v) is 2.87. The molecule has 1 aromatic carbocycles. The monoisotopic (exact) mass is 226 g/mol. The first-order valence-corrected chi connectivity index (χ1v) is 5.67. The van der Waals surface area contributed by atoms with Crippen LogP contribution in [0.4, 0.5) is 14.5 Å². The molecule has 0 radical (unpaired) electrons. The van der Waals surface area contributed by atoms with Crippen molar-refractivity contribution in [1.82, 2.24) is 4.90 Å². The van der Waals surface area contributed by atoms with Gasteiger partial charge >= 0.3 is 0 Å². The summed E-state index contributed by atoms with van der Waals surface area (Å²) in [6.45, 7) is 3.88. The number of rotatable bonds is 4. The van der Waals surface area contributed by atoms with Gasteiger partial charge < -0.3 is 10.2 Å². The smallest absolute Gasteiger partial charge is 0.149 e. The molecule has 1 aliphatic heterocycles. The lowest BCUT2D eigenvalue weighted by Crippen LogP contribution is -2.26. The first-order chi connectivity index (χ1) is 7.75. The molecule has 0 aromatic heterocycles. The second-order valence-corrected chi connectivity index (χ2v) is 4.10. The molecule has 0 atom stereocenters. The molecule has 0 unspecified atom stereocenters. The number of nitrogens with one attached hydrogen (secondary N) is 1. The molecule has 0 spiro atoms. The predicted molar refractivity (Wildman–Crippen MR) is 60.5 cm³/mol. The van der Waals surface area contributed by atoms with Crippen LogP contribution in [0.2, 0.25) is 0 Å². The average molecular weight is 226 g/mol. The number of hydrogen-bond acceptors (Lipinski definition) is 2. The minimum Gasteiger partial charge on any atom is -0.381 e. The van der Waals surface area contributed by atoms with E-state index in [-0.39, 0.29) is 0 Å². The molecule has 1 fully saturated rings. The first-order valence-electron chi connectivity index (χ1n) is 5.67. The number of benzene rings is 1. The molecule has 88 valence electrons. The van der Waals surface area contributed by atoms with Crippen molar-refractivity contribution < 1.29 is 8.78 Å². The summed E-state index contributed by atoms with van der Waals surface area (Å²) in [6.07, 6.45) is 2.51. The zero-order valence-electron chi connectivity index (χ0n) is 9.18. The van der Waals surface area contributed by atoms with E-state index in [0.29, 0.717) is 12.2 Å². The van der Waals surface area contributed by atoms with Crippen LogP contribution in [-0.4, -0.2) is 31.1 Å². The van der Waals surface area contributed by atoms with Gasteiger partial charge in [-0.15, -0.1) is 0 Å². The van der Waals surface area contributed by atoms with Gasteiger partial charge in [-0.3, -0.25) is 0 Å². The minimum atomic E-state index is -0.539. The van der Waals surface area contributed by atoms with E-state index in [4.69, 9.17) is 0 Å². The highest BCUT2D eigenvalue weighted by molar-refractivity contribution is 5.44. The van der Waals surface area contributed by atoms with Crippen molar-refractivity contribution >= 4 is 5.69 Å². The molecule has 2 rings (SSSR count). The minimum absolute atomic E-state index is 0.376. The molecule has 0 aliphatic carbocycles. The second-order valence-electron chi connectivity index (χ2n) is 4.10. The lowest BCUT2D eigenvalue weighted by atomic mass is 10.3. The molecule has 1 aliphatic rings. The van der Waals surface area contributed by atoms with Gasteiger partial charge in [0.25, 0.3) is 0 Å². The summed E-state index contributed by atoms with van der Waals surface area (Å²) in [5, 5.41) is 2.98. The lowest BCUT2D eigenvalue weighted by Gasteiger charge is -2.15. The maximum Gasteiger partial charge on any atom is 0.149 e. The highest BCUT2D eigenvalue weighted by atomic mass is 19.1. The van der Waals surface area contributed by atoms with E-state index in [2.05, 4.69) is 10.2 Å². The van der Waals surface area contributed by atoms with E-state index in [0.717, 1.165) is 25.7 Å². The zero-order valence-corrected chi connectivity index (χ0v) is 9.18. The fourth-order valence-electron chi connectivity index (χ4n) is 1.99. The topological polar surface area (TPSA) is 15.3 Å². The fraction of sp³-hybridized carbons (Fsp3) is 0.500. The van der Waals surface area contributed by atoms with Crippen LogP contribution in [0.1, 0.15) is 12.8 Å². The molecule has 1 heterocycles. The van der Waals surface area contributed by atoms with Gasteiger partial charge in [-0.1, -0.05) is 0 Å². The highest BCUT2D eigenvalue weighted by Crippen LogP contribution is 2.14. The molecule has 0 amide bonds. The van der Waals surface area contributed by atoms with Crippen molar-refractivity contribution in [3.63, 3.8) is 0 Å². The SMILES string of the molecule is Fc1ccc(NCCN2CCCC2)c(F)c1. The Labute approximate surface area is 94.3 Å². The highest BCUT2D eigenvalue weighted by Gasteiger charge is 2.10. The van der Waals surface area contributed by atoms with Crippen molar-refractivity contribution in [2.24, 2.45) is 0 Å². The number of hydrogen-bond donors (Lipinski definition) is 1. The van der Waals surface area contributed by atoms with Crippen LogP contribution in [0.15, 0.2) is 18.2 Å². The van der Waals surface area contributed by atoms with E-state index in [9.17, 15) is 8.78 Å². The van der Waals surface area contributed by atoms with Crippen LogP contribution in [0, 0.1) is 11.6 Å². The van der Waals surface area contributed by atoms with Gasteiger partial charge in [-0.05, 0) is 38.1 Å². The molecule has 0 bridgehead atoms. The summed E-state index contributed by atoms with van der Waals surface area (Å²) in [6, 6.07) is 3.61. The molecule has 16 heavy (non-hydrogen) atoms.